The fraction of sp³-hybridized carbons (Fsp3) is 0.562. The van der Waals surface area contributed by atoms with Crippen LogP contribution in [0.25, 0.3) is 22.9 Å². The van der Waals surface area contributed by atoms with Crippen LogP contribution in [-0.4, -0.2) is 51.6 Å². The summed E-state index contributed by atoms with van der Waals surface area (Å²) in [6, 6.07) is 18.3. The number of ether oxygens (including phenoxy) is 8. The predicted molar refractivity (Wildman–Crippen MR) is 304 cm³/mol. The number of esters is 2. The molecule has 0 aliphatic rings. The molecule has 4 aromatic carbocycles. The number of unbranched alkanes of at least 4 members (excludes halogenated alkanes) is 18. The molecule has 10 nitrogen and oxygen atoms in total. The second kappa shape index (κ2) is 38.0. The fourth-order valence-corrected chi connectivity index (χ4v) is 8.44. The Morgan fingerprint density at radius 3 is 0.919 bits per heavy atom. The van der Waals surface area contributed by atoms with Gasteiger partial charge in [0.2, 0.25) is 11.5 Å². The molecule has 4 rings (SSSR count). The van der Waals surface area contributed by atoms with Crippen molar-refractivity contribution in [3.8, 4) is 46.0 Å². The molecule has 0 N–H and O–H groups in total. The lowest BCUT2D eigenvalue weighted by atomic mass is 10.1. The van der Waals surface area contributed by atoms with Gasteiger partial charge in [0.15, 0.2) is 23.0 Å². The number of carbonyl (C=O) groups excluding carboxylic acids is 2. The second-order valence-electron chi connectivity index (χ2n) is 19.2. The fourth-order valence-electron chi connectivity index (χ4n) is 8.44. The first kappa shape index (κ1) is 60.9. The lowest BCUT2D eigenvalue weighted by Gasteiger charge is -2.19. The zero-order chi connectivity index (χ0) is 52.9. The molecule has 0 heterocycles. The van der Waals surface area contributed by atoms with Crippen LogP contribution >= 0.6 is 0 Å². The Labute approximate surface area is 445 Å². The molecule has 0 radical (unpaired) electrons. The van der Waals surface area contributed by atoms with Gasteiger partial charge in [-0.05, 0) is 87.1 Å². The number of rotatable bonds is 42. The number of carbonyl (C=O) groups is 2. The molecule has 0 spiro atoms. The van der Waals surface area contributed by atoms with Gasteiger partial charge in [-0.1, -0.05) is 181 Å². The third-order valence-electron chi connectivity index (χ3n) is 12.8. The highest BCUT2D eigenvalue weighted by molar-refractivity contribution is 5.99. The van der Waals surface area contributed by atoms with Crippen molar-refractivity contribution in [3.63, 3.8) is 0 Å². The van der Waals surface area contributed by atoms with E-state index in [1.54, 1.807) is 24.3 Å². The van der Waals surface area contributed by atoms with Crippen LogP contribution in [0, 0.1) is 0 Å². The minimum absolute atomic E-state index is 0.330. The molecular weight excluding hydrogens is 929 g/mol. The minimum Gasteiger partial charge on any atom is -0.490 e. The molecule has 10 heteroatoms. The molecule has 0 unspecified atom stereocenters. The van der Waals surface area contributed by atoms with E-state index in [0.717, 1.165) is 141 Å². The Morgan fingerprint density at radius 1 is 0.324 bits per heavy atom. The van der Waals surface area contributed by atoms with Crippen LogP contribution in [0.2, 0.25) is 0 Å². The third-order valence-corrected chi connectivity index (χ3v) is 12.8. The predicted octanol–water partition coefficient (Wildman–Crippen LogP) is 17.8. The molecule has 0 aliphatic carbocycles. The topological polar surface area (TPSA) is 108 Å². The van der Waals surface area contributed by atoms with Crippen molar-refractivity contribution in [1.29, 1.82) is 0 Å². The Balaban J connectivity index is 1.57. The average molecular weight is 1020 g/mol. The Morgan fingerprint density at radius 2 is 0.608 bits per heavy atom. The van der Waals surface area contributed by atoms with Crippen LogP contribution in [0.5, 0.6) is 46.0 Å². The molecule has 0 atom stereocenters. The molecule has 408 valence electrons. The maximum atomic E-state index is 13.7. The van der Waals surface area contributed by atoms with Crippen LogP contribution < -0.4 is 37.9 Å². The summed E-state index contributed by atoms with van der Waals surface area (Å²) in [5.74, 6) is 3.08. The highest BCUT2D eigenvalue weighted by Gasteiger charge is 2.20. The van der Waals surface area contributed by atoms with Gasteiger partial charge in [-0.15, -0.1) is 0 Å². The molecule has 4 aromatic rings. The molecule has 0 aliphatic heterocycles. The molecule has 74 heavy (non-hydrogen) atoms. The van der Waals surface area contributed by atoms with E-state index in [0.29, 0.717) is 108 Å². The number of hydrogen-bond donors (Lipinski definition) is 0. The van der Waals surface area contributed by atoms with Crippen molar-refractivity contribution in [1.82, 2.24) is 0 Å². The van der Waals surface area contributed by atoms with Crippen molar-refractivity contribution in [3.05, 3.63) is 83.9 Å². The van der Waals surface area contributed by atoms with Gasteiger partial charge in [-0.2, -0.15) is 0 Å². The van der Waals surface area contributed by atoms with E-state index < -0.39 is 11.9 Å². The SMILES string of the molecule is CCCCCCOc1ccc(/C=C/C(=O)Oc2ccc(OC(=O)/C=C/c3ccc(OCCCCCC)c(OCCCCCC)c3OCCCCCC)c3ccccc23)c(OCCCCCC)c1OCCCCCC. The summed E-state index contributed by atoms with van der Waals surface area (Å²) < 4.78 is 50.5. The van der Waals surface area contributed by atoms with Gasteiger partial charge in [-0.3, -0.25) is 0 Å². The molecule has 0 amide bonds. The molecule has 0 fully saturated rings. The minimum atomic E-state index is -0.574. The Kier molecular flexibility index (Phi) is 31.3. The summed E-state index contributed by atoms with van der Waals surface area (Å²) in [5.41, 5.74) is 1.39. The zero-order valence-electron chi connectivity index (χ0n) is 46.4. The van der Waals surface area contributed by atoms with Crippen molar-refractivity contribution in [2.24, 2.45) is 0 Å². The van der Waals surface area contributed by atoms with Crippen LogP contribution in [0.3, 0.4) is 0 Å². The van der Waals surface area contributed by atoms with E-state index >= 15 is 0 Å². The van der Waals surface area contributed by atoms with E-state index in [4.69, 9.17) is 37.9 Å². The van der Waals surface area contributed by atoms with Crippen molar-refractivity contribution >= 4 is 34.9 Å². The van der Waals surface area contributed by atoms with Gasteiger partial charge in [0.05, 0.1) is 39.6 Å². The van der Waals surface area contributed by atoms with E-state index in [1.807, 2.05) is 48.5 Å². The van der Waals surface area contributed by atoms with Gasteiger partial charge < -0.3 is 37.9 Å². The van der Waals surface area contributed by atoms with Crippen LogP contribution in [0.1, 0.15) is 207 Å². The van der Waals surface area contributed by atoms with Crippen molar-refractivity contribution in [2.45, 2.75) is 196 Å². The Hall–Kier alpha value is -5.64. The summed E-state index contributed by atoms with van der Waals surface area (Å²) in [6.07, 6.45) is 32.0. The first-order valence-corrected chi connectivity index (χ1v) is 28.8. The van der Waals surface area contributed by atoms with Gasteiger partial charge >= 0.3 is 11.9 Å². The molecular formula is C64H92O10. The third kappa shape index (κ3) is 22.5. The van der Waals surface area contributed by atoms with Crippen LogP contribution in [-0.2, 0) is 9.59 Å². The summed E-state index contributed by atoms with van der Waals surface area (Å²) in [6.45, 7) is 16.5. The lowest BCUT2D eigenvalue weighted by molar-refractivity contribution is -0.129. The molecule has 0 bridgehead atoms. The standard InChI is InChI=1S/C64H92O10/c1-7-13-19-27-45-67-57-39-35-51(61(69-47-29-21-15-9-3)63(57)71-49-31-23-17-11-5)37-43-59(65)73-55-41-42-56(54-34-26-25-33-53(54)55)74-60(66)44-38-52-36-40-58(68-46-28-20-14-8-2)64(72-50-32-24-18-12-6)62(52)70-48-30-22-16-10-4/h25-26,33-44H,7-24,27-32,45-50H2,1-6H3/b43-37+,44-38+. The van der Waals surface area contributed by atoms with E-state index in [1.165, 1.54) is 25.0 Å². The smallest absolute Gasteiger partial charge is 0.336 e. The highest BCUT2D eigenvalue weighted by atomic mass is 16.6. The van der Waals surface area contributed by atoms with Crippen LogP contribution in [0.4, 0.5) is 0 Å². The molecule has 0 saturated carbocycles. The number of fused-ring (bicyclic) bond motifs is 1. The van der Waals surface area contributed by atoms with Crippen molar-refractivity contribution < 1.29 is 47.5 Å². The lowest BCUT2D eigenvalue weighted by Crippen LogP contribution is -2.08. The zero-order valence-corrected chi connectivity index (χ0v) is 46.4. The first-order chi connectivity index (χ1) is 36.4. The van der Waals surface area contributed by atoms with Gasteiger partial charge in [-0.25, -0.2) is 9.59 Å². The van der Waals surface area contributed by atoms with E-state index in [-0.39, 0.29) is 0 Å². The van der Waals surface area contributed by atoms with Gasteiger partial charge in [0.25, 0.3) is 0 Å². The number of hydrogen-bond acceptors (Lipinski definition) is 10. The maximum absolute atomic E-state index is 13.7. The highest BCUT2D eigenvalue weighted by Crippen LogP contribution is 2.43. The van der Waals surface area contributed by atoms with Gasteiger partial charge in [0.1, 0.15) is 11.5 Å². The molecule has 0 saturated heterocycles. The van der Waals surface area contributed by atoms with Gasteiger partial charge in [0, 0.05) is 34.1 Å². The van der Waals surface area contributed by atoms with E-state index in [9.17, 15) is 9.59 Å². The second-order valence-corrected chi connectivity index (χ2v) is 19.2. The molecule has 0 aromatic heterocycles. The summed E-state index contributed by atoms with van der Waals surface area (Å²) >= 11 is 0. The summed E-state index contributed by atoms with van der Waals surface area (Å²) in [4.78, 5) is 27.3. The van der Waals surface area contributed by atoms with Crippen LogP contribution in [0.15, 0.2) is 72.8 Å². The first-order valence-electron chi connectivity index (χ1n) is 28.8. The average Bonchev–Trinajstić information content (AvgIpc) is 3.41. The quantitative estimate of drug-likeness (QED) is 0.0184. The normalized spacial score (nSPS) is 11.4. The Bertz CT molecular complexity index is 2090. The largest absolute Gasteiger partial charge is 0.490 e. The number of benzene rings is 4. The monoisotopic (exact) mass is 1020 g/mol. The summed E-state index contributed by atoms with van der Waals surface area (Å²) in [7, 11) is 0. The maximum Gasteiger partial charge on any atom is 0.336 e. The summed E-state index contributed by atoms with van der Waals surface area (Å²) in [5, 5.41) is 1.23. The van der Waals surface area contributed by atoms with E-state index in [2.05, 4.69) is 41.5 Å². The van der Waals surface area contributed by atoms with Crippen molar-refractivity contribution in [2.75, 3.05) is 39.6 Å².